The molecular weight excluding hydrogens is 618 g/mol. The molecule has 1 rings (SSSR count). The first-order valence-corrected chi connectivity index (χ1v) is 14.1. The zero-order chi connectivity index (χ0) is 34.6. The first kappa shape index (κ1) is 41.2. The minimum Gasteiger partial charge on any atom is -0.463 e. The Bertz CT molecular complexity index is 1100. The number of hydrogen-bond donors (Lipinski definition) is 2. The number of ketones is 2. The van der Waals surface area contributed by atoms with Crippen LogP contribution in [0.25, 0.3) is 0 Å². The molecule has 0 aliphatic rings. The summed E-state index contributed by atoms with van der Waals surface area (Å²) in [6.45, 7) is 6.00. The van der Waals surface area contributed by atoms with Crippen molar-refractivity contribution in [3.63, 3.8) is 0 Å². The lowest BCUT2D eigenvalue weighted by atomic mass is 10.3. The fourth-order valence-electron chi connectivity index (χ4n) is 2.63. The summed E-state index contributed by atoms with van der Waals surface area (Å²) < 4.78 is 34.0. The lowest BCUT2D eigenvalue weighted by Crippen LogP contribution is -2.27. The Labute approximate surface area is 265 Å². The molecule has 2 amide bonds. The number of nitro groups is 1. The monoisotopic (exact) mass is 659 g/mol. The second-order valence-electron chi connectivity index (χ2n) is 8.87. The average molecular weight is 660 g/mol. The van der Waals surface area contributed by atoms with Gasteiger partial charge in [-0.3, -0.25) is 24.5 Å². The van der Waals surface area contributed by atoms with Crippen LogP contribution < -0.4 is 15.4 Å². The number of benzene rings is 1. The van der Waals surface area contributed by atoms with Gasteiger partial charge in [0.1, 0.15) is 19.0 Å². The number of carbonyl (C=O) groups excluding carboxylic acids is 6. The molecular formula is C28H41N3O15. The number of rotatable bonds is 21. The van der Waals surface area contributed by atoms with Gasteiger partial charge in [-0.2, -0.15) is 0 Å². The second-order valence-corrected chi connectivity index (χ2v) is 8.87. The summed E-state index contributed by atoms with van der Waals surface area (Å²) in [6.07, 6.45) is -0.789. The molecule has 2 N–H and O–H groups in total. The lowest BCUT2D eigenvalue weighted by molar-refractivity contribution is -0.384. The van der Waals surface area contributed by atoms with E-state index >= 15 is 0 Å². The van der Waals surface area contributed by atoms with E-state index in [0.717, 1.165) is 0 Å². The third kappa shape index (κ3) is 25.6. The van der Waals surface area contributed by atoms with E-state index < -0.39 is 23.3 Å². The Morgan fingerprint density at radius 2 is 1.17 bits per heavy atom. The van der Waals surface area contributed by atoms with Crippen molar-refractivity contribution in [3.05, 3.63) is 34.4 Å². The molecule has 18 nitrogen and oxygen atoms in total. The molecule has 258 valence electrons. The molecule has 0 unspecified atom stereocenters. The van der Waals surface area contributed by atoms with Gasteiger partial charge < -0.3 is 43.8 Å². The molecule has 0 spiro atoms. The summed E-state index contributed by atoms with van der Waals surface area (Å²) in [5.74, 6) is -0.589. The van der Waals surface area contributed by atoms with Gasteiger partial charge in [0.2, 0.25) is 0 Å². The van der Waals surface area contributed by atoms with Gasteiger partial charge in [0.05, 0.1) is 18.1 Å². The van der Waals surface area contributed by atoms with E-state index in [1.165, 1.54) is 38.1 Å². The molecule has 46 heavy (non-hydrogen) atoms. The third-order valence-electron chi connectivity index (χ3n) is 4.76. The molecule has 0 bridgehead atoms. The topological polar surface area (TPSA) is 234 Å². The maximum Gasteiger partial charge on any atom is 0.513 e. The van der Waals surface area contributed by atoms with E-state index in [0.29, 0.717) is 52.2 Å². The molecule has 0 aliphatic carbocycles. The van der Waals surface area contributed by atoms with Crippen LogP contribution >= 0.6 is 0 Å². The molecule has 0 aromatic heterocycles. The van der Waals surface area contributed by atoms with E-state index in [-0.39, 0.29) is 62.0 Å². The Morgan fingerprint density at radius 1 is 0.696 bits per heavy atom. The first-order valence-electron chi connectivity index (χ1n) is 14.1. The van der Waals surface area contributed by atoms with E-state index in [1.807, 2.05) is 0 Å². The predicted octanol–water partition coefficient (Wildman–Crippen LogP) is 2.49. The van der Waals surface area contributed by atoms with Crippen LogP contribution in [0.2, 0.25) is 0 Å². The van der Waals surface area contributed by atoms with Crippen molar-refractivity contribution < 1.29 is 66.8 Å². The van der Waals surface area contributed by atoms with Crippen molar-refractivity contribution in [1.82, 2.24) is 10.6 Å². The van der Waals surface area contributed by atoms with Crippen LogP contribution in [0.1, 0.15) is 40.0 Å². The van der Waals surface area contributed by atoms with Crippen molar-refractivity contribution >= 4 is 41.6 Å². The first-order chi connectivity index (χ1) is 21.9. The number of amides is 2. The molecule has 0 radical (unpaired) electrons. The molecule has 0 fully saturated rings. The van der Waals surface area contributed by atoms with Crippen LogP contribution in [0.4, 0.5) is 20.1 Å². The van der Waals surface area contributed by atoms with Crippen molar-refractivity contribution in [2.45, 2.75) is 40.0 Å². The number of nitrogens with zero attached hydrogens (tertiary/aromatic N) is 1. The lowest BCUT2D eigenvalue weighted by Gasteiger charge is -2.07. The molecule has 0 saturated carbocycles. The number of carbonyl (C=O) groups is 6. The Hall–Kier alpha value is -4.84. The smallest absolute Gasteiger partial charge is 0.463 e. The maximum atomic E-state index is 11.4. The van der Waals surface area contributed by atoms with Crippen LogP contribution in [0.15, 0.2) is 24.3 Å². The van der Waals surface area contributed by atoms with Crippen LogP contribution in [-0.2, 0) is 42.8 Å². The van der Waals surface area contributed by atoms with E-state index in [2.05, 4.69) is 20.1 Å². The van der Waals surface area contributed by atoms with Gasteiger partial charge in [-0.05, 0) is 38.8 Å². The SMILES string of the molecule is CC(=O)COC(=O)NCCCOCCOC(=O)Oc1ccc([N+](=O)[O-])cc1.CCC(=O)OCCOCCCNC(=O)OCC(C)=O. The Kier molecular flexibility index (Phi) is 23.8. The zero-order valence-electron chi connectivity index (χ0n) is 26.1. The summed E-state index contributed by atoms with van der Waals surface area (Å²) in [6, 6.07) is 4.97. The third-order valence-corrected chi connectivity index (χ3v) is 4.76. The average Bonchev–Trinajstić information content (AvgIpc) is 3.01. The fraction of sp³-hybridized carbons (Fsp3) is 0.571. The number of non-ortho nitro benzene ring substituents is 1. The number of nitro benzene ring substituents is 1. The highest BCUT2D eigenvalue weighted by Gasteiger charge is 2.09. The number of alkyl carbamates (subject to hydrolysis) is 2. The minimum absolute atomic E-state index is 0.0418. The number of nitrogens with one attached hydrogen (secondary N) is 2. The molecule has 18 heteroatoms. The normalized spacial score (nSPS) is 9.89. The molecule has 0 heterocycles. The number of esters is 1. The minimum atomic E-state index is -0.956. The van der Waals surface area contributed by atoms with E-state index in [4.69, 9.17) is 23.7 Å². The molecule has 0 aliphatic heterocycles. The predicted molar refractivity (Wildman–Crippen MR) is 157 cm³/mol. The molecule has 1 aromatic carbocycles. The summed E-state index contributed by atoms with van der Waals surface area (Å²) in [4.78, 5) is 75.4. The highest BCUT2D eigenvalue weighted by molar-refractivity contribution is 5.80. The van der Waals surface area contributed by atoms with Crippen molar-refractivity contribution in [2.24, 2.45) is 0 Å². The van der Waals surface area contributed by atoms with Crippen molar-refractivity contribution in [2.75, 3.05) is 65.9 Å². The van der Waals surface area contributed by atoms with Crippen molar-refractivity contribution in [1.29, 1.82) is 0 Å². The van der Waals surface area contributed by atoms with Gasteiger partial charge in [0.25, 0.3) is 5.69 Å². The second kappa shape index (κ2) is 26.6. The van der Waals surface area contributed by atoms with Gasteiger partial charge in [-0.1, -0.05) is 6.92 Å². The van der Waals surface area contributed by atoms with E-state index in [9.17, 15) is 38.9 Å². The van der Waals surface area contributed by atoms with E-state index in [1.54, 1.807) is 6.92 Å². The quantitative estimate of drug-likeness (QED) is 0.0482. The van der Waals surface area contributed by atoms with Gasteiger partial charge >= 0.3 is 24.3 Å². The number of ether oxygens (including phenoxy) is 7. The number of hydrogen-bond acceptors (Lipinski definition) is 15. The molecule has 0 atom stereocenters. The summed E-state index contributed by atoms with van der Waals surface area (Å²) >= 11 is 0. The zero-order valence-corrected chi connectivity index (χ0v) is 26.1. The van der Waals surface area contributed by atoms with Crippen LogP contribution in [0, 0.1) is 10.1 Å². The Balaban J connectivity index is 0.000000939. The maximum absolute atomic E-state index is 11.4. The van der Waals surface area contributed by atoms with Crippen molar-refractivity contribution in [3.8, 4) is 5.75 Å². The highest BCUT2D eigenvalue weighted by atomic mass is 16.7. The standard InChI is InChI=1S/C16H20N2O9.C12H21NO6/c1-12(19)11-26-15(20)17-7-2-8-24-9-10-25-16(21)27-14-5-3-13(4-6-14)18(22)23;1-3-11(15)18-8-7-17-6-4-5-13-12(16)19-9-10(2)14/h3-6H,2,7-11H2,1H3,(H,17,20);3-9H2,1-2H3,(H,13,16). The Morgan fingerprint density at radius 3 is 1.61 bits per heavy atom. The van der Waals surface area contributed by atoms with Gasteiger partial charge in [0, 0.05) is 44.9 Å². The molecule has 0 saturated heterocycles. The van der Waals surface area contributed by atoms with Gasteiger partial charge in [-0.25, -0.2) is 14.4 Å². The highest BCUT2D eigenvalue weighted by Crippen LogP contribution is 2.17. The van der Waals surface area contributed by atoms with Crippen LogP contribution in [0.5, 0.6) is 5.75 Å². The summed E-state index contributed by atoms with van der Waals surface area (Å²) in [5, 5.41) is 15.4. The molecule has 1 aromatic rings. The summed E-state index contributed by atoms with van der Waals surface area (Å²) in [7, 11) is 0. The van der Waals surface area contributed by atoms with Crippen LogP contribution in [-0.4, -0.2) is 107 Å². The van der Waals surface area contributed by atoms with Gasteiger partial charge in [-0.15, -0.1) is 0 Å². The summed E-state index contributed by atoms with van der Waals surface area (Å²) in [5.41, 5.74) is -0.120. The van der Waals surface area contributed by atoms with Crippen LogP contribution in [0.3, 0.4) is 0 Å². The largest absolute Gasteiger partial charge is 0.513 e. The fourth-order valence-corrected chi connectivity index (χ4v) is 2.63. The van der Waals surface area contributed by atoms with Gasteiger partial charge in [0.15, 0.2) is 24.8 Å². The number of Topliss-reactive ketones (excluding diaryl/α,β-unsaturated/α-hetero) is 2.